The Bertz CT molecular complexity index is 518. The molecule has 0 aromatic carbocycles. The maximum absolute atomic E-state index is 11.0. The maximum Gasteiger partial charge on any atom is 0.336 e. The highest BCUT2D eigenvalue weighted by molar-refractivity contribution is 6.29. The van der Waals surface area contributed by atoms with E-state index in [9.17, 15) is 15.0 Å². The second-order valence-corrected chi connectivity index (χ2v) is 4.04. The Hall–Kier alpha value is -1.86. The molecule has 3 N–H and O–H groups in total. The van der Waals surface area contributed by atoms with Gasteiger partial charge in [-0.2, -0.15) is 0 Å². The van der Waals surface area contributed by atoms with Crippen LogP contribution >= 0.6 is 11.6 Å². The van der Waals surface area contributed by atoms with E-state index >= 15 is 0 Å². The van der Waals surface area contributed by atoms with Crippen LogP contribution in [-0.4, -0.2) is 38.9 Å². The van der Waals surface area contributed by atoms with Crippen molar-refractivity contribution in [1.29, 1.82) is 0 Å². The zero-order valence-electron chi connectivity index (χ0n) is 9.64. The number of aliphatic hydroxyl groups is 2. The first-order valence-electron chi connectivity index (χ1n) is 5.23. The highest BCUT2D eigenvalue weighted by Gasteiger charge is 2.24. The summed E-state index contributed by atoms with van der Waals surface area (Å²) in [5.74, 6) is -1.29. The van der Waals surface area contributed by atoms with Crippen LogP contribution < -0.4 is 0 Å². The molecule has 8 nitrogen and oxygen atoms in total. The molecule has 102 valence electrons. The van der Waals surface area contributed by atoms with Crippen LogP contribution in [0.4, 0.5) is 0 Å². The number of nitrogens with zero attached hydrogens (tertiary/aromatic N) is 4. The van der Waals surface area contributed by atoms with Crippen molar-refractivity contribution in [2.24, 2.45) is 5.11 Å². The standard InChI is InChI=1S/C10H11ClN4O4/c11-8-3-5(10(18)19)6(4-13-8)9(17)7(16)1-2-14-15-12/h3-4,7,9,16-17H,1-2H2,(H,18,19). The van der Waals surface area contributed by atoms with Gasteiger partial charge in [-0.05, 0) is 18.0 Å². The first-order chi connectivity index (χ1) is 8.97. The summed E-state index contributed by atoms with van der Waals surface area (Å²) in [5, 5.41) is 31.7. The molecule has 0 radical (unpaired) electrons. The van der Waals surface area contributed by atoms with Gasteiger partial charge in [0.15, 0.2) is 0 Å². The molecule has 0 bridgehead atoms. The molecule has 2 unspecified atom stereocenters. The number of rotatable bonds is 6. The molecule has 1 aromatic heterocycles. The minimum Gasteiger partial charge on any atom is -0.478 e. The van der Waals surface area contributed by atoms with Crippen molar-refractivity contribution in [2.45, 2.75) is 18.6 Å². The first kappa shape index (κ1) is 15.2. The highest BCUT2D eigenvalue weighted by atomic mass is 35.5. The summed E-state index contributed by atoms with van der Waals surface area (Å²) in [5.41, 5.74) is 7.80. The van der Waals surface area contributed by atoms with Gasteiger partial charge in [0.1, 0.15) is 11.3 Å². The van der Waals surface area contributed by atoms with E-state index in [4.69, 9.17) is 22.2 Å². The van der Waals surface area contributed by atoms with Crippen molar-refractivity contribution < 1.29 is 20.1 Å². The molecule has 1 aromatic rings. The number of hydrogen-bond acceptors (Lipinski definition) is 5. The van der Waals surface area contributed by atoms with E-state index in [0.717, 1.165) is 12.3 Å². The summed E-state index contributed by atoms with van der Waals surface area (Å²) in [6.45, 7) is -0.0157. The van der Waals surface area contributed by atoms with Crippen LogP contribution in [0.3, 0.4) is 0 Å². The fraction of sp³-hybridized carbons (Fsp3) is 0.400. The van der Waals surface area contributed by atoms with E-state index < -0.39 is 18.2 Å². The predicted octanol–water partition coefficient (Wildman–Crippen LogP) is 1.53. The van der Waals surface area contributed by atoms with Crippen molar-refractivity contribution in [2.75, 3.05) is 6.54 Å². The molecule has 1 rings (SSSR count). The molecule has 0 saturated heterocycles. The van der Waals surface area contributed by atoms with Crippen LogP contribution in [0.5, 0.6) is 0 Å². The lowest BCUT2D eigenvalue weighted by Gasteiger charge is -2.18. The van der Waals surface area contributed by atoms with E-state index in [1.807, 2.05) is 0 Å². The summed E-state index contributed by atoms with van der Waals surface area (Å²) in [6, 6.07) is 1.09. The highest BCUT2D eigenvalue weighted by Crippen LogP contribution is 2.24. The molecule has 0 fully saturated rings. The van der Waals surface area contributed by atoms with Crippen LogP contribution in [-0.2, 0) is 0 Å². The van der Waals surface area contributed by atoms with Gasteiger partial charge < -0.3 is 15.3 Å². The smallest absolute Gasteiger partial charge is 0.336 e. The number of carboxylic acid groups (broad SMARTS) is 1. The molecule has 0 spiro atoms. The number of halogens is 1. The normalized spacial score (nSPS) is 13.4. The Morgan fingerprint density at radius 1 is 1.58 bits per heavy atom. The van der Waals surface area contributed by atoms with Crippen LogP contribution in [0.15, 0.2) is 17.4 Å². The number of azide groups is 1. The molecular formula is C10H11ClN4O4. The third-order valence-corrected chi connectivity index (χ3v) is 2.61. The molecule has 0 amide bonds. The molecule has 19 heavy (non-hydrogen) atoms. The van der Waals surface area contributed by atoms with Crippen molar-refractivity contribution >= 4 is 17.6 Å². The van der Waals surface area contributed by atoms with Crippen molar-refractivity contribution in [3.8, 4) is 0 Å². The molecule has 0 aliphatic carbocycles. The topological polar surface area (TPSA) is 139 Å². The minimum absolute atomic E-state index is 0.00703. The minimum atomic E-state index is -1.45. The average Bonchev–Trinajstić information content (AvgIpc) is 2.38. The predicted molar refractivity (Wildman–Crippen MR) is 65.8 cm³/mol. The number of pyridine rings is 1. The van der Waals surface area contributed by atoms with Crippen molar-refractivity contribution in [3.05, 3.63) is 39.0 Å². The van der Waals surface area contributed by atoms with Gasteiger partial charge in [0, 0.05) is 23.2 Å². The van der Waals surface area contributed by atoms with Crippen molar-refractivity contribution in [1.82, 2.24) is 4.98 Å². The third-order valence-electron chi connectivity index (χ3n) is 2.40. The van der Waals surface area contributed by atoms with Gasteiger partial charge in [-0.1, -0.05) is 16.7 Å². The Balaban J connectivity index is 2.95. The molecule has 0 aliphatic heterocycles. The molecule has 0 aliphatic rings. The van der Waals surface area contributed by atoms with E-state index in [-0.39, 0.29) is 29.2 Å². The largest absolute Gasteiger partial charge is 0.478 e. The Morgan fingerprint density at radius 3 is 2.84 bits per heavy atom. The number of aromatic nitrogens is 1. The molecule has 0 saturated carbocycles. The van der Waals surface area contributed by atoms with Crippen LogP contribution in [0, 0.1) is 0 Å². The Kier molecular flexibility index (Phi) is 5.53. The van der Waals surface area contributed by atoms with E-state index in [2.05, 4.69) is 15.0 Å². The average molecular weight is 287 g/mol. The molecule has 2 atom stereocenters. The SMILES string of the molecule is [N-]=[N+]=NCCC(O)C(O)c1cnc(Cl)cc1C(=O)O. The lowest BCUT2D eigenvalue weighted by atomic mass is 9.99. The number of hydrogen-bond donors (Lipinski definition) is 3. The third kappa shape index (κ3) is 4.08. The molecule has 9 heteroatoms. The van der Waals surface area contributed by atoms with Crippen LogP contribution in [0.2, 0.25) is 5.15 Å². The van der Waals surface area contributed by atoms with Gasteiger partial charge in [0.2, 0.25) is 0 Å². The Morgan fingerprint density at radius 2 is 2.26 bits per heavy atom. The lowest BCUT2D eigenvalue weighted by Crippen LogP contribution is -2.21. The van der Waals surface area contributed by atoms with Gasteiger partial charge in [0.05, 0.1) is 11.7 Å². The summed E-state index contributed by atoms with van der Waals surface area (Å²) in [7, 11) is 0. The zero-order valence-corrected chi connectivity index (χ0v) is 10.4. The van der Waals surface area contributed by atoms with E-state index in [1.165, 1.54) is 0 Å². The number of carboxylic acids is 1. The summed E-state index contributed by atoms with van der Waals surface area (Å²) >= 11 is 5.57. The van der Waals surface area contributed by atoms with Crippen LogP contribution in [0.1, 0.15) is 28.4 Å². The van der Waals surface area contributed by atoms with Gasteiger partial charge in [0.25, 0.3) is 0 Å². The zero-order chi connectivity index (χ0) is 14.4. The Labute approximate surface area is 112 Å². The number of carbonyl (C=O) groups is 1. The second kappa shape index (κ2) is 6.91. The van der Waals surface area contributed by atoms with Gasteiger partial charge in [-0.25, -0.2) is 9.78 Å². The summed E-state index contributed by atoms with van der Waals surface area (Å²) in [6.07, 6.45) is -1.64. The lowest BCUT2D eigenvalue weighted by molar-refractivity contribution is 0.0139. The fourth-order valence-electron chi connectivity index (χ4n) is 1.46. The molecule has 1 heterocycles. The van der Waals surface area contributed by atoms with Gasteiger partial charge in [-0.3, -0.25) is 0 Å². The van der Waals surface area contributed by atoms with E-state index in [0.29, 0.717) is 0 Å². The quantitative estimate of drug-likeness (QED) is 0.315. The fourth-order valence-corrected chi connectivity index (χ4v) is 1.62. The summed E-state index contributed by atoms with van der Waals surface area (Å²) in [4.78, 5) is 17.2. The van der Waals surface area contributed by atoms with Crippen molar-refractivity contribution in [3.63, 3.8) is 0 Å². The second-order valence-electron chi connectivity index (χ2n) is 3.65. The van der Waals surface area contributed by atoms with E-state index in [1.54, 1.807) is 0 Å². The monoisotopic (exact) mass is 286 g/mol. The summed E-state index contributed by atoms with van der Waals surface area (Å²) < 4.78 is 0. The molecular weight excluding hydrogens is 276 g/mol. The van der Waals surface area contributed by atoms with Gasteiger partial charge in [-0.15, -0.1) is 0 Å². The maximum atomic E-state index is 11.0. The number of aromatic carboxylic acids is 1. The van der Waals surface area contributed by atoms with Crippen LogP contribution in [0.25, 0.3) is 10.4 Å². The number of aliphatic hydroxyl groups excluding tert-OH is 2. The van der Waals surface area contributed by atoms with Gasteiger partial charge >= 0.3 is 5.97 Å². The first-order valence-corrected chi connectivity index (χ1v) is 5.61.